The number of carboxylic acid groups (broad SMARTS) is 1. The second kappa shape index (κ2) is 4.64. The molecule has 0 spiro atoms. The van der Waals surface area contributed by atoms with E-state index < -0.39 is 11.4 Å². The molecule has 0 saturated carbocycles. The predicted octanol–water partition coefficient (Wildman–Crippen LogP) is 1.25. The molecular weight excluding hydrogens is 250 g/mol. The lowest BCUT2D eigenvalue weighted by Crippen LogP contribution is -2.18. The number of fused-ring (bicyclic) bond motifs is 1. The van der Waals surface area contributed by atoms with Crippen molar-refractivity contribution < 1.29 is 19.4 Å². The lowest BCUT2D eigenvalue weighted by atomic mass is 10.1. The van der Waals surface area contributed by atoms with E-state index in [4.69, 9.17) is 14.6 Å². The van der Waals surface area contributed by atoms with Crippen LogP contribution in [0.1, 0.15) is 10.4 Å². The number of benzene rings is 1. The van der Waals surface area contributed by atoms with Gasteiger partial charge in [-0.3, -0.25) is 4.79 Å². The van der Waals surface area contributed by atoms with Gasteiger partial charge in [-0.15, -0.1) is 0 Å². The molecule has 0 atom stereocenters. The van der Waals surface area contributed by atoms with Crippen LogP contribution in [0.3, 0.4) is 0 Å². The van der Waals surface area contributed by atoms with Crippen LogP contribution in [0, 0.1) is 0 Å². The summed E-state index contributed by atoms with van der Waals surface area (Å²) in [7, 11) is 4.61. The highest BCUT2D eigenvalue weighted by atomic mass is 16.5. The molecule has 0 aliphatic heterocycles. The van der Waals surface area contributed by atoms with E-state index in [2.05, 4.69) is 0 Å². The number of hydrogen-bond donors (Lipinski definition) is 1. The number of rotatable bonds is 3. The lowest BCUT2D eigenvalue weighted by molar-refractivity contribution is 0.0695. The molecule has 1 aromatic heterocycles. The van der Waals surface area contributed by atoms with E-state index in [0.717, 1.165) is 0 Å². The van der Waals surface area contributed by atoms with Crippen molar-refractivity contribution in [2.75, 3.05) is 14.2 Å². The van der Waals surface area contributed by atoms with Crippen molar-refractivity contribution in [2.45, 2.75) is 0 Å². The molecule has 2 aromatic rings. The Hall–Kier alpha value is -2.50. The van der Waals surface area contributed by atoms with Gasteiger partial charge in [0.2, 0.25) is 5.43 Å². The predicted molar refractivity (Wildman–Crippen MR) is 69.3 cm³/mol. The van der Waals surface area contributed by atoms with Crippen molar-refractivity contribution in [2.24, 2.45) is 7.05 Å². The molecule has 19 heavy (non-hydrogen) atoms. The van der Waals surface area contributed by atoms with Gasteiger partial charge < -0.3 is 19.1 Å². The van der Waals surface area contributed by atoms with E-state index in [-0.39, 0.29) is 10.9 Å². The zero-order valence-corrected chi connectivity index (χ0v) is 10.8. The molecule has 0 saturated heterocycles. The van der Waals surface area contributed by atoms with Crippen molar-refractivity contribution in [3.63, 3.8) is 0 Å². The van der Waals surface area contributed by atoms with Crippen molar-refractivity contribution in [1.29, 1.82) is 0 Å². The zero-order valence-electron chi connectivity index (χ0n) is 10.8. The Balaban J connectivity index is 2.92. The summed E-state index contributed by atoms with van der Waals surface area (Å²) < 4.78 is 11.9. The van der Waals surface area contributed by atoms with Crippen molar-refractivity contribution in [3.8, 4) is 11.5 Å². The maximum Gasteiger partial charge on any atom is 0.341 e. The number of pyridine rings is 1. The molecule has 0 amide bonds. The van der Waals surface area contributed by atoms with Crippen LogP contribution in [0.4, 0.5) is 0 Å². The summed E-state index contributed by atoms with van der Waals surface area (Å²) in [6.45, 7) is 0. The van der Waals surface area contributed by atoms with Crippen molar-refractivity contribution in [3.05, 3.63) is 34.1 Å². The average Bonchev–Trinajstić information content (AvgIpc) is 2.40. The molecule has 2 rings (SSSR count). The fourth-order valence-electron chi connectivity index (χ4n) is 1.96. The number of nitrogens with zero attached hydrogens (tertiary/aromatic N) is 1. The number of aromatic carboxylic acids is 1. The maximum absolute atomic E-state index is 12.1. The van der Waals surface area contributed by atoms with Gasteiger partial charge in [-0.05, 0) is 6.07 Å². The van der Waals surface area contributed by atoms with Crippen LogP contribution < -0.4 is 14.9 Å². The highest BCUT2D eigenvalue weighted by Crippen LogP contribution is 2.30. The molecule has 6 nitrogen and oxygen atoms in total. The van der Waals surface area contributed by atoms with Gasteiger partial charge in [0, 0.05) is 19.3 Å². The molecule has 0 radical (unpaired) electrons. The monoisotopic (exact) mass is 263 g/mol. The van der Waals surface area contributed by atoms with E-state index in [0.29, 0.717) is 17.0 Å². The van der Waals surface area contributed by atoms with Gasteiger partial charge in [0.15, 0.2) is 11.5 Å². The fraction of sp³-hybridized carbons (Fsp3) is 0.231. The summed E-state index contributed by atoms with van der Waals surface area (Å²) in [5, 5.41) is 9.29. The topological polar surface area (TPSA) is 77.8 Å². The first-order valence-corrected chi connectivity index (χ1v) is 5.48. The first kappa shape index (κ1) is 12.9. The number of aromatic nitrogens is 1. The Labute approximate surface area is 108 Å². The molecular formula is C13H13NO5. The Morgan fingerprint density at radius 1 is 1.21 bits per heavy atom. The molecule has 0 aliphatic rings. The largest absolute Gasteiger partial charge is 0.493 e. The van der Waals surface area contributed by atoms with Crippen LogP contribution in [-0.4, -0.2) is 29.9 Å². The Kier molecular flexibility index (Phi) is 3.16. The SMILES string of the molecule is COc1cc2c(=O)c(C(=O)O)cn(C)c2cc1OC. The Morgan fingerprint density at radius 2 is 1.79 bits per heavy atom. The summed E-state index contributed by atoms with van der Waals surface area (Å²) in [6, 6.07) is 3.13. The number of methoxy groups -OCH3 is 2. The zero-order chi connectivity index (χ0) is 14.2. The summed E-state index contributed by atoms with van der Waals surface area (Å²) in [4.78, 5) is 23.1. The summed E-state index contributed by atoms with van der Waals surface area (Å²) in [5.74, 6) is -0.389. The van der Waals surface area contributed by atoms with Gasteiger partial charge in [-0.1, -0.05) is 0 Å². The van der Waals surface area contributed by atoms with Gasteiger partial charge in [0.25, 0.3) is 0 Å². The van der Waals surface area contributed by atoms with Gasteiger partial charge in [-0.2, -0.15) is 0 Å². The van der Waals surface area contributed by atoms with Gasteiger partial charge in [0.1, 0.15) is 5.56 Å². The van der Waals surface area contributed by atoms with Crippen LogP contribution in [0.2, 0.25) is 0 Å². The van der Waals surface area contributed by atoms with E-state index in [1.165, 1.54) is 26.5 Å². The van der Waals surface area contributed by atoms with Crippen molar-refractivity contribution in [1.82, 2.24) is 4.57 Å². The lowest BCUT2D eigenvalue weighted by Gasteiger charge is -2.12. The van der Waals surface area contributed by atoms with Crippen LogP contribution in [-0.2, 0) is 7.05 Å². The minimum atomic E-state index is -1.25. The van der Waals surface area contributed by atoms with Crippen molar-refractivity contribution >= 4 is 16.9 Å². The minimum Gasteiger partial charge on any atom is -0.493 e. The molecule has 0 aliphatic carbocycles. The molecule has 6 heteroatoms. The number of carbonyl (C=O) groups is 1. The first-order chi connectivity index (χ1) is 8.99. The molecule has 1 aromatic carbocycles. The van der Waals surface area contributed by atoms with Crippen LogP contribution in [0.5, 0.6) is 11.5 Å². The van der Waals surface area contributed by atoms with E-state index in [9.17, 15) is 9.59 Å². The van der Waals surface area contributed by atoms with E-state index >= 15 is 0 Å². The summed E-state index contributed by atoms with van der Waals surface area (Å²) in [6.07, 6.45) is 1.29. The number of carboxylic acids is 1. The Morgan fingerprint density at radius 3 is 2.32 bits per heavy atom. The minimum absolute atomic E-state index is 0.276. The van der Waals surface area contributed by atoms with Crippen LogP contribution in [0.15, 0.2) is 23.1 Å². The third-order valence-corrected chi connectivity index (χ3v) is 2.92. The van der Waals surface area contributed by atoms with E-state index in [1.807, 2.05) is 0 Å². The van der Waals surface area contributed by atoms with Gasteiger partial charge in [-0.25, -0.2) is 4.79 Å². The highest BCUT2D eigenvalue weighted by Gasteiger charge is 2.16. The Bertz CT molecular complexity index is 717. The molecule has 100 valence electrons. The quantitative estimate of drug-likeness (QED) is 0.901. The highest BCUT2D eigenvalue weighted by molar-refractivity contribution is 5.93. The number of aryl methyl sites for hydroxylation is 1. The van der Waals surface area contributed by atoms with Crippen LogP contribution >= 0.6 is 0 Å². The summed E-state index contributed by atoms with van der Waals surface area (Å²) in [5.41, 5.74) is -0.239. The van der Waals surface area contributed by atoms with Gasteiger partial charge >= 0.3 is 5.97 Å². The maximum atomic E-state index is 12.1. The molecule has 1 heterocycles. The standard InChI is InChI=1S/C13H13NO5/c1-14-6-8(13(16)17)12(15)7-4-10(18-2)11(19-3)5-9(7)14/h4-6H,1-3H3,(H,16,17). The smallest absolute Gasteiger partial charge is 0.341 e. The number of hydrogen-bond acceptors (Lipinski definition) is 4. The molecule has 1 N–H and O–H groups in total. The van der Waals surface area contributed by atoms with Gasteiger partial charge in [0.05, 0.1) is 25.1 Å². The van der Waals surface area contributed by atoms with Crippen LogP contribution in [0.25, 0.3) is 10.9 Å². The van der Waals surface area contributed by atoms with E-state index in [1.54, 1.807) is 17.7 Å². The first-order valence-electron chi connectivity index (χ1n) is 5.48. The third-order valence-electron chi connectivity index (χ3n) is 2.92. The molecule has 0 bridgehead atoms. The summed E-state index contributed by atoms with van der Waals surface area (Å²) >= 11 is 0. The fourth-order valence-corrected chi connectivity index (χ4v) is 1.96. The number of ether oxygens (including phenoxy) is 2. The second-order valence-corrected chi connectivity index (χ2v) is 4.01. The molecule has 0 unspecified atom stereocenters. The molecule has 0 fully saturated rings. The second-order valence-electron chi connectivity index (χ2n) is 4.01. The average molecular weight is 263 g/mol. The third kappa shape index (κ3) is 2.01. The normalized spacial score (nSPS) is 10.5.